The molecular weight excluding hydrogens is 258 g/mol. The van der Waals surface area contributed by atoms with Crippen molar-refractivity contribution in [3.63, 3.8) is 0 Å². The van der Waals surface area contributed by atoms with Gasteiger partial charge in [-0.3, -0.25) is 4.90 Å². The van der Waals surface area contributed by atoms with Gasteiger partial charge in [0.05, 0.1) is 5.97 Å². The van der Waals surface area contributed by atoms with Crippen molar-refractivity contribution >= 4 is 12.1 Å². The lowest BCUT2D eigenvalue weighted by Crippen LogP contribution is -2.49. The second-order valence-electron chi connectivity index (χ2n) is 5.84. The topological polar surface area (TPSA) is 69.7 Å². The van der Waals surface area contributed by atoms with Crippen LogP contribution in [0.1, 0.15) is 37.9 Å². The number of carboxylic acids is 1. The van der Waals surface area contributed by atoms with E-state index in [0.29, 0.717) is 18.5 Å². The average molecular weight is 276 g/mol. The van der Waals surface area contributed by atoms with E-state index in [9.17, 15) is 14.7 Å². The molecule has 0 bridgehead atoms. The van der Waals surface area contributed by atoms with Gasteiger partial charge in [0.15, 0.2) is 0 Å². The zero-order chi connectivity index (χ0) is 14.9. The molecule has 0 saturated carbocycles. The van der Waals surface area contributed by atoms with Gasteiger partial charge in [-0.15, -0.1) is 0 Å². The highest BCUT2D eigenvalue weighted by Gasteiger charge is 2.34. The largest absolute Gasteiger partial charge is 0.548 e. The number of ether oxygens (including phenoxy) is 1. The Morgan fingerprint density at radius 1 is 1.30 bits per heavy atom. The number of aliphatic carboxylic acids is 1. The maximum Gasteiger partial charge on any atom is 0.411 e. The molecule has 1 amide bonds. The van der Waals surface area contributed by atoms with Gasteiger partial charge in [-0.1, -0.05) is 24.3 Å². The van der Waals surface area contributed by atoms with Crippen LogP contribution in [0.4, 0.5) is 4.79 Å². The number of benzene rings is 1. The lowest BCUT2D eigenvalue weighted by Gasteiger charge is -2.38. The molecule has 0 N–H and O–H groups in total. The Hall–Kier alpha value is -2.04. The molecule has 0 aliphatic carbocycles. The number of hydrogen-bond donors (Lipinski definition) is 0. The molecule has 1 atom stereocenters. The molecule has 0 aromatic heterocycles. The number of hydrogen-bond acceptors (Lipinski definition) is 4. The standard InChI is InChI=1S/C15H19NO4/c1-15(2,3)20-14(19)16-9-8-10-6-4-5-7-11(10)12(16)13(17)18/h4-7,12H,8-9H2,1-3H3,(H,17,18)/p-1. The normalized spacial score (nSPS) is 18.4. The highest BCUT2D eigenvalue weighted by molar-refractivity contribution is 5.81. The van der Waals surface area contributed by atoms with E-state index in [0.717, 1.165) is 5.56 Å². The van der Waals surface area contributed by atoms with Crippen LogP contribution in [0.3, 0.4) is 0 Å². The third kappa shape index (κ3) is 2.92. The number of carbonyl (C=O) groups excluding carboxylic acids is 2. The first-order chi connectivity index (χ1) is 9.29. The predicted molar refractivity (Wildman–Crippen MR) is 70.8 cm³/mol. The Balaban J connectivity index is 2.32. The van der Waals surface area contributed by atoms with E-state index in [-0.39, 0.29) is 0 Å². The van der Waals surface area contributed by atoms with E-state index in [4.69, 9.17) is 4.74 Å². The summed E-state index contributed by atoms with van der Waals surface area (Å²) in [5.41, 5.74) is 0.871. The molecule has 1 aliphatic heterocycles. The Labute approximate surface area is 118 Å². The fourth-order valence-electron chi connectivity index (χ4n) is 2.34. The molecule has 20 heavy (non-hydrogen) atoms. The molecule has 1 heterocycles. The second kappa shape index (κ2) is 5.15. The summed E-state index contributed by atoms with van der Waals surface area (Å²) < 4.78 is 5.27. The van der Waals surface area contributed by atoms with Crippen molar-refractivity contribution in [2.75, 3.05) is 6.54 Å². The molecule has 0 radical (unpaired) electrons. The van der Waals surface area contributed by atoms with Crippen LogP contribution in [-0.4, -0.2) is 29.1 Å². The van der Waals surface area contributed by atoms with Crippen LogP contribution in [-0.2, 0) is 16.0 Å². The van der Waals surface area contributed by atoms with Crippen molar-refractivity contribution in [3.8, 4) is 0 Å². The lowest BCUT2D eigenvalue weighted by atomic mass is 9.93. The first kappa shape index (κ1) is 14.4. The highest BCUT2D eigenvalue weighted by atomic mass is 16.6. The Kier molecular flexibility index (Phi) is 3.70. The van der Waals surface area contributed by atoms with E-state index in [1.54, 1.807) is 32.9 Å². The third-order valence-corrected chi connectivity index (χ3v) is 3.13. The van der Waals surface area contributed by atoms with Crippen LogP contribution in [0.25, 0.3) is 0 Å². The summed E-state index contributed by atoms with van der Waals surface area (Å²) in [7, 11) is 0. The monoisotopic (exact) mass is 276 g/mol. The Morgan fingerprint density at radius 3 is 2.55 bits per heavy atom. The van der Waals surface area contributed by atoms with Crippen molar-refractivity contribution < 1.29 is 19.4 Å². The summed E-state index contributed by atoms with van der Waals surface area (Å²) in [4.78, 5) is 24.8. The van der Waals surface area contributed by atoms with Crippen molar-refractivity contribution in [1.29, 1.82) is 0 Å². The van der Waals surface area contributed by atoms with E-state index >= 15 is 0 Å². The molecule has 1 unspecified atom stereocenters. The number of carbonyl (C=O) groups is 2. The van der Waals surface area contributed by atoms with Crippen LogP contribution < -0.4 is 5.11 Å². The fraction of sp³-hybridized carbons (Fsp3) is 0.467. The second-order valence-corrected chi connectivity index (χ2v) is 5.84. The van der Waals surface area contributed by atoms with Gasteiger partial charge in [0.1, 0.15) is 11.6 Å². The molecule has 1 aromatic carbocycles. The molecule has 1 aliphatic rings. The fourth-order valence-corrected chi connectivity index (χ4v) is 2.34. The SMILES string of the molecule is CC(C)(C)OC(=O)N1CCc2ccccc2C1C(=O)[O-]. The smallest absolute Gasteiger partial charge is 0.411 e. The van der Waals surface area contributed by atoms with Crippen molar-refractivity contribution in [2.45, 2.75) is 38.8 Å². The van der Waals surface area contributed by atoms with Crippen LogP contribution in [0.5, 0.6) is 0 Å². The van der Waals surface area contributed by atoms with Gasteiger partial charge >= 0.3 is 6.09 Å². The third-order valence-electron chi connectivity index (χ3n) is 3.13. The van der Waals surface area contributed by atoms with Gasteiger partial charge in [0.2, 0.25) is 0 Å². The van der Waals surface area contributed by atoms with Crippen LogP contribution in [0, 0.1) is 0 Å². The van der Waals surface area contributed by atoms with Crippen molar-refractivity contribution in [1.82, 2.24) is 4.90 Å². The van der Waals surface area contributed by atoms with Crippen LogP contribution >= 0.6 is 0 Å². The van der Waals surface area contributed by atoms with Gasteiger partial charge in [0, 0.05) is 6.54 Å². The van der Waals surface area contributed by atoms with E-state index < -0.39 is 23.7 Å². The van der Waals surface area contributed by atoms with Crippen molar-refractivity contribution in [3.05, 3.63) is 35.4 Å². The molecule has 1 aromatic rings. The summed E-state index contributed by atoms with van der Waals surface area (Å²) >= 11 is 0. The Morgan fingerprint density at radius 2 is 1.95 bits per heavy atom. The van der Waals surface area contributed by atoms with E-state index in [1.807, 2.05) is 12.1 Å². The first-order valence-electron chi connectivity index (χ1n) is 6.58. The minimum absolute atomic E-state index is 0.310. The Bertz CT molecular complexity index is 533. The molecule has 2 rings (SSSR count). The van der Waals surface area contributed by atoms with Gasteiger partial charge in [0.25, 0.3) is 0 Å². The van der Waals surface area contributed by atoms with Crippen molar-refractivity contribution in [2.24, 2.45) is 0 Å². The van der Waals surface area contributed by atoms with Gasteiger partial charge in [-0.2, -0.15) is 0 Å². The lowest BCUT2D eigenvalue weighted by molar-refractivity contribution is -0.312. The number of fused-ring (bicyclic) bond motifs is 1. The van der Waals surface area contributed by atoms with Crippen LogP contribution in [0.15, 0.2) is 24.3 Å². The van der Waals surface area contributed by atoms with E-state index in [2.05, 4.69) is 0 Å². The van der Waals surface area contributed by atoms with Gasteiger partial charge < -0.3 is 14.6 Å². The molecular formula is C15H18NO4-. The minimum Gasteiger partial charge on any atom is -0.548 e. The number of carboxylic acid groups (broad SMARTS) is 1. The molecule has 0 spiro atoms. The molecule has 108 valence electrons. The summed E-state index contributed by atoms with van der Waals surface area (Å²) in [5, 5.41) is 11.4. The molecule has 5 nitrogen and oxygen atoms in total. The van der Waals surface area contributed by atoms with E-state index in [1.165, 1.54) is 4.90 Å². The highest BCUT2D eigenvalue weighted by Crippen LogP contribution is 2.30. The number of amides is 1. The number of nitrogens with zero attached hydrogens (tertiary/aromatic N) is 1. The van der Waals surface area contributed by atoms with Gasteiger partial charge in [-0.25, -0.2) is 4.79 Å². The zero-order valence-corrected chi connectivity index (χ0v) is 11.9. The zero-order valence-electron chi connectivity index (χ0n) is 11.9. The minimum atomic E-state index is -1.29. The predicted octanol–water partition coefficient (Wildman–Crippen LogP) is 1.27. The maximum atomic E-state index is 12.2. The summed E-state index contributed by atoms with van der Waals surface area (Å²) in [6.07, 6.45) is -0.0136. The van der Waals surface area contributed by atoms with Gasteiger partial charge in [-0.05, 0) is 38.3 Å². The molecule has 5 heteroatoms. The molecule has 0 fully saturated rings. The quantitative estimate of drug-likeness (QED) is 0.774. The maximum absolute atomic E-state index is 12.2. The average Bonchev–Trinajstić information content (AvgIpc) is 2.35. The number of rotatable bonds is 1. The summed E-state index contributed by atoms with van der Waals surface area (Å²) in [6.45, 7) is 5.55. The first-order valence-corrected chi connectivity index (χ1v) is 6.58. The van der Waals surface area contributed by atoms with Crippen LogP contribution in [0.2, 0.25) is 0 Å². The molecule has 0 saturated heterocycles. The summed E-state index contributed by atoms with van der Waals surface area (Å²) in [6, 6.07) is 6.11. The summed E-state index contributed by atoms with van der Waals surface area (Å²) in [5.74, 6) is -1.29.